The number of amides is 2. The van der Waals surface area contributed by atoms with E-state index in [0.717, 1.165) is 27.2 Å². The minimum atomic E-state index is -3.22. The molecular weight excluding hydrogens is 446 g/mol. The van der Waals surface area contributed by atoms with Crippen molar-refractivity contribution in [2.75, 3.05) is 19.7 Å². The minimum Gasteiger partial charge on any atom is -0.480 e. The molecule has 2 N–H and O–H groups in total. The van der Waals surface area contributed by atoms with Crippen molar-refractivity contribution in [2.45, 2.75) is 37.6 Å². The molecule has 1 aliphatic heterocycles. The summed E-state index contributed by atoms with van der Waals surface area (Å²) in [5.74, 6) is -6.15. The molecule has 2 aromatic carbocycles. The lowest BCUT2D eigenvalue weighted by Gasteiger charge is -2.24. The predicted octanol–water partition coefficient (Wildman–Crippen LogP) is 3.87. The second-order valence-corrected chi connectivity index (χ2v) is 8.82. The number of carboxylic acids is 1. The summed E-state index contributed by atoms with van der Waals surface area (Å²) < 4.78 is 32.7. The number of hydrogen-bond acceptors (Lipinski definition) is 4. The van der Waals surface area contributed by atoms with E-state index in [0.29, 0.717) is 0 Å². The normalized spacial score (nSPS) is 19.3. The Hall–Kier alpha value is -3.49. The van der Waals surface area contributed by atoms with Gasteiger partial charge in [0, 0.05) is 24.8 Å². The number of likely N-dealkylation sites (tertiary alicyclic amines) is 1. The maximum atomic E-state index is 13.7. The highest BCUT2D eigenvalue weighted by molar-refractivity contribution is 5.86. The number of alkyl halides is 2. The smallest absolute Gasteiger partial charge is 0.407 e. The summed E-state index contributed by atoms with van der Waals surface area (Å²) in [5, 5.41) is 11.8. The molecule has 180 valence electrons. The number of nitrogens with one attached hydrogen (secondary N) is 1. The zero-order chi connectivity index (χ0) is 24.5. The Kier molecular flexibility index (Phi) is 6.54. The van der Waals surface area contributed by atoms with Gasteiger partial charge >= 0.3 is 12.1 Å². The van der Waals surface area contributed by atoms with Gasteiger partial charge in [0.2, 0.25) is 5.91 Å². The molecule has 0 saturated carbocycles. The standard InChI is InChI=1S/C25H26F2N2O5/c1-15(22(30)29-14-25(26,27)12-21(29)23(31)32)10-11-28-24(33)34-13-20-18-8-4-2-6-16(18)17-7-3-5-9-19(17)20/h2-9,15,20-21H,10-14H2,1H3,(H,28,33)(H,31,32). The zero-order valence-electron chi connectivity index (χ0n) is 18.7. The van der Waals surface area contributed by atoms with E-state index in [9.17, 15) is 23.2 Å². The number of carbonyl (C=O) groups excluding carboxylic acids is 2. The second-order valence-electron chi connectivity index (χ2n) is 8.82. The summed E-state index contributed by atoms with van der Waals surface area (Å²) in [6.07, 6.45) is -1.37. The first-order valence-corrected chi connectivity index (χ1v) is 11.2. The van der Waals surface area contributed by atoms with Crippen molar-refractivity contribution in [2.24, 2.45) is 5.92 Å². The molecule has 4 rings (SSSR count). The zero-order valence-corrected chi connectivity index (χ0v) is 18.7. The minimum absolute atomic E-state index is 0.0802. The van der Waals surface area contributed by atoms with Crippen LogP contribution in [0.4, 0.5) is 13.6 Å². The molecule has 1 aliphatic carbocycles. The number of rotatable bonds is 7. The van der Waals surface area contributed by atoms with Crippen molar-refractivity contribution in [3.63, 3.8) is 0 Å². The van der Waals surface area contributed by atoms with Gasteiger partial charge in [-0.1, -0.05) is 55.5 Å². The number of halogens is 2. The molecule has 1 heterocycles. The van der Waals surface area contributed by atoms with Crippen LogP contribution in [-0.2, 0) is 14.3 Å². The van der Waals surface area contributed by atoms with Crippen LogP contribution in [0.2, 0.25) is 0 Å². The molecule has 0 spiro atoms. The molecule has 1 saturated heterocycles. The first kappa shape index (κ1) is 23.7. The molecule has 0 bridgehead atoms. The fourth-order valence-corrected chi connectivity index (χ4v) is 4.72. The lowest BCUT2D eigenvalue weighted by molar-refractivity contribution is -0.149. The van der Waals surface area contributed by atoms with Crippen molar-refractivity contribution in [1.29, 1.82) is 0 Å². The van der Waals surface area contributed by atoms with Crippen LogP contribution < -0.4 is 5.32 Å². The van der Waals surface area contributed by atoms with E-state index in [2.05, 4.69) is 5.32 Å². The van der Waals surface area contributed by atoms with Crippen molar-refractivity contribution in [1.82, 2.24) is 10.2 Å². The Morgan fingerprint density at radius 1 is 1.12 bits per heavy atom. The van der Waals surface area contributed by atoms with E-state index < -0.39 is 48.8 Å². The summed E-state index contributed by atoms with van der Waals surface area (Å²) >= 11 is 0. The Bertz CT molecular complexity index is 1060. The lowest BCUT2D eigenvalue weighted by Crippen LogP contribution is -2.44. The molecule has 2 aromatic rings. The quantitative estimate of drug-likeness (QED) is 0.638. The predicted molar refractivity (Wildman–Crippen MR) is 120 cm³/mol. The summed E-state index contributed by atoms with van der Waals surface area (Å²) in [7, 11) is 0. The van der Waals surface area contributed by atoms with Crippen LogP contribution in [0, 0.1) is 5.92 Å². The van der Waals surface area contributed by atoms with Gasteiger partial charge in [-0.3, -0.25) is 4.79 Å². The lowest BCUT2D eigenvalue weighted by atomic mass is 9.98. The van der Waals surface area contributed by atoms with E-state index in [1.54, 1.807) is 0 Å². The first-order valence-electron chi connectivity index (χ1n) is 11.2. The Morgan fingerprint density at radius 2 is 1.71 bits per heavy atom. The number of carboxylic acid groups (broad SMARTS) is 1. The number of alkyl carbamates (subject to hydrolysis) is 1. The van der Waals surface area contributed by atoms with Gasteiger partial charge in [0.05, 0.1) is 6.54 Å². The molecule has 2 atom stereocenters. The van der Waals surface area contributed by atoms with Crippen LogP contribution in [-0.4, -0.2) is 59.6 Å². The van der Waals surface area contributed by atoms with E-state index in [1.807, 2.05) is 48.5 Å². The molecule has 9 heteroatoms. The molecular formula is C25H26F2N2O5. The van der Waals surface area contributed by atoms with Gasteiger partial charge in [0.25, 0.3) is 5.92 Å². The van der Waals surface area contributed by atoms with Crippen LogP contribution in [0.1, 0.15) is 36.8 Å². The summed E-state index contributed by atoms with van der Waals surface area (Å²) in [6.45, 7) is 0.854. The summed E-state index contributed by atoms with van der Waals surface area (Å²) in [4.78, 5) is 36.8. The molecule has 2 amide bonds. The Morgan fingerprint density at radius 3 is 2.29 bits per heavy atom. The van der Waals surface area contributed by atoms with Crippen molar-refractivity contribution in [3.8, 4) is 11.1 Å². The molecule has 7 nitrogen and oxygen atoms in total. The second kappa shape index (κ2) is 9.40. The average molecular weight is 472 g/mol. The highest BCUT2D eigenvalue weighted by Crippen LogP contribution is 2.44. The van der Waals surface area contributed by atoms with Gasteiger partial charge in [-0.05, 0) is 28.7 Å². The Labute approximate surface area is 195 Å². The maximum Gasteiger partial charge on any atom is 0.407 e. The fraction of sp³-hybridized carbons (Fsp3) is 0.400. The number of aliphatic carboxylic acids is 1. The van der Waals surface area contributed by atoms with Gasteiger partial charge in [0.15, 0.2) is 0 Å². The number of fused-ring (bicyclic) bond motifs is 3. The van der Waals surface area contributed by atoms with Crippen LogP contribution in [0.15, 0.2) is 48.5 Å². The first-order chi connectivity index (χ1) is 16.2. The van der Waals surface area contributed by atoms with Crippen molar-refractivity contribution >= 4 is 18.0 Å². The molecule has 2 aliphatic rings. The number of carbonyl (C=O) groups is 3. The third-order valence-electron chi connectivity index (χ3n) is 6.45. The van der Waals surface area contributed by atoms with Crippen molar-refractivity contribution < 1.29 is 33.0 Å². The van der Waals surface area contributed by atoms with Gasteiger partial charge in [-0.25, -0.2) is 18.4 Å². The number of ether oxygens (including phenoxy) is 1. The average Bonchev–Trinajstić information content (AvgIpc) is 3.31. The number of benzene rings is 2. The van der Waals surface area contributed by atoms with Crippen molar-refractivity contribution in [3.05, 3.63) is 59.7 Å². The molecule has 0 radical (unpaired) electrons. The topological polar surface area (TPSA) is 95.9 Å². The molecule has 0 aromatic heterocycles. The van der Waals surface area contributed by atoms with Gasteiger partial charge in [0.1, 0.15) is 12.6 Å². The number of hydrogen-bond donors (Lipinski definition) is 2. The van der Waals surface area contributed by atoms with E-state index in [-0.39, 0.29) is 25.5 Å². The van der Waals surface area contributed by atoms with E-state index in [1.165, 1.54) is 6.92 Å². The van der Waals surface area contributed by atoms with Crippen LogP contribution in [0.3, 0.4) is 0 Å². The fourth-order valence-electron chi connectivity index (χ4n) is 4.72. The highest BCUT2D eigenvalue weighted by Gasteiger charge is 2.50. The van der Waals surface area contributed by atoms with E-state index >= 15 is 0 Å². The maximum absolute atomic E-state index is 13.7. The highest BCUT2D eigenvalue weighted by atomic mass is 19.3. The van der Waals surface area contributed by atoms with Gasteiger partial charge in [-0.2, -0.15) is 0 Å². The van der Waals surface area contributed by atoms with Crippen LogP contribution >= 0.6 is 0 Å². The molecule has 2 unspecified atom stereocenters. The molecule has 1 fully saturated rings. The molecule has 34 heavy (non-hydrogen) atoms. The SMILES string of the molecule is CC(CCNC(=O)OCC1c2ccccc2-c2ccccc21)C(=O)N1CC(F)(F)CC1C(=O)O. The third-order valence-corrected chi connectivity index (χ3v) is 6.45. The third kappa shape index (κ3) is 4.73. The number of nitrogens with zero attached hydrogens (tertiary/aromatic N) is 1. The largest absolute Gasteiger partial charge is 0.480 e. The summed E-state index contributed by atoms with van der Waals surface area (Å²) in [5.41, 5.74) is 4.41. The monoisotopic (exact) mass is 472 g/mol. The van der Waals surface area contributed by atoms with Gasteiger partial charge < -0.3 is 20.1 Å². The van der Waals surface area contributed by atoms with Gasteiger partial charge in [-0.15, -0.1) is 0 Å². The van der Waals surface area contributed by atoms with Crippen LogP contribution in [0.25, 0.3) is 11.1 Å². The van der Waals surface area contributed by atoms with E-state index in [4.69, 9.17) is 9.84 Å². The Balaban J connectivity index is 1.27. The van der Waals surface area contributed by atoms with Crippen LogP contribution in [0.5, 0.6) is 0 Å². The summed E-state index contributed by atoms with van der Waals surface area (Å²) in [6, 6.07) is 14.4.